The average molecular weight is 463 g/mol. The molecule has 0 radical (unpaired) electrons. The number of fused-ring (bicyclic) bond motifs is 1. The van der Waals surface area contributed by atoms with Gasteiger partial charge in [0.15, 0.2) is 0 Å². The van der Waals surface area contributed by atoms with E-state index in [1.54, 1.807) is 0 Å². The van der Waals surface area contributed by atoms with Gasteiger partial charge in [0.1, 0.15) is 5.82 Å². The second-order valence-electron chi connectivity index (χ2n) is 9.19. The number of rotatable bonds is 5. The fourth-order valence-corrected chi connectivity index (χ4v) is 2.30. The maximum atomic E-state index is 12.7. The molecular formula is C22H31F5N4O. The molecule has 2 fully saturated rings. The summed E-state index contributed by atoms with van der Waals surface area (Å²) in [6, 6.07) is 5.55. The number of aromatic amines is 1. The number of hydrogen-bond acceptors (Lipinski definition) is 3. The van der Waals surface area contributed by atoms with E-state index in [0.29, 0.717) is 18.9 Å². The van der Waals surface area contributed by atoms with Gasteiger partial charge in [-0.2, -0.15) is 13.2 Å². The lowest BCUT2D eigenvalue weighted by Crippen LogP contribution is -2.28. The van der Waals surface area contributed by atoms with E-state index in [-0.39, 0.29) is 18.7 Å². The third kappa shape index (κ3) is 8.37. The molecule has 1 unspecified atom stereocenters. The Hall–Kier alpha value is -2.23. The average Bonchev–Trinajstić information content (AvgIpc) is 3.59. The summed E-state index contributed by atoms with van der Waals surface area (Å²) in [6.07, 6.45) is 0.145. The quantitative estimate of drug-likeness (QED) is 0.517. The second kappa shape index (κ2) is 10.1. The van der Waals surface area contributed by atoms with Crippen molar-refractivity contribution in [2.24, 2.45) is 17.1 Å². The van der Waals surface area contributed by atoms with Crippen LogP contribution in [0.2, 0.25) is 0 Å². The summed E-state index contributed by atoms with van der Waals surface area (Å²) in [7, 11) is 0. The molecule has 4 rings (SSSR count). The number of carbonyl (C=O) groups excluding carboxylic acids is 1. The predicted octanol–water partition coefficient (Wildman–Crippen LogP) is 5.45. The summed E-state index contributed by atoms with van der Waals surface area (Å²) in [5.41, 5.74) is 6.48. The number of imidazole rings is 1. The molecule has 32 heavy (non-hydrogen) atoms. The third-order valence-electron chi connectivity index (χ3n) is 4.87. The summed E-state index contributed by atoms with van der Waals surface area (Å²) in [6.45, 7) is 4.08. The number of aromatic nitrogens is 2. The lowest BCUT2D eigenvalue weighted by molar-refractivity contribution is -0.204. The lowest BCUT2D eigenvalue weighted by atomic mass is 9.96. The van der Waals surface area contributed by atoms with Crippen molar-refractivity contribution < 1.29 is 26.7 Å². The summed E-state index contributed by atoms with van der Waals surface area (Å²) in [5.74, 6) is -3.09. The van der Waals surface area contributed by atoms with E-state index < -0.39 is 23.4 Å². The Morgan fingerprint density at radius 3 is 2.22 bits per heavy atom. The van der Waals surface area contributed by atoms with Crippen molar-refractivity contribution in [3.05, 3.63) is 29.6 Å². The van der Waals surface area contributed by atoms with Gasteiger partial charge in [-0.1, -0.05) is 46.1 Å². The molecule has 5 nitrogen and oxygen atoms in total. The zero-order valence-electron chi connectivity index (χ0n) is 18.6. The normalized spacial score (nSPS) is 18.7. The molecule has 0 spiro atoms. The van der Waals surface area contributed by atoms with Gasteiger partial charge in [-0.15, -0.1) is 0 Å². The Morgan fingerprint density at radius 2 is 1.78 bits per heavy atom. The first kappa shape index (κ1) is 26.0. The number of benzene rings is 1. The molecule has 1 amide bonds. The molecule has 2 aliphatic carbocycles. The number of alkyl halides is 5. The van der Waals surface area contributed by atoms with Crippen molar-refractivity contribution >= 4 is 16.9 Å². The molecule has 1 atom stereocenters. The molecule has 1 heterocycles. The van der Waals surface area contributed by atoms with E-state index in [9.17, 15) is 26.7 Å². The molecule has 1 aromatic carbocycles. The smallest absolute Gasteiger partial charge is 0.352 e. The Kier molecular flexibility index (Phi) is 8.25. The maximum absolute atomic E-state index is 12.7. The second-order valence-corrected chi connectivity index (χ2v) is 9.19. The van der Waals surface area contributed by atoms with Crippen molar-refractivity contribution in [2.45, 2.75) is 78.1 Å². The van der Waals surface area contributed by atoms with Crippen LogP contribution in [0.25, 0.3) is 11.0 Å². The highest BCUT2D eigenvalue weighted by atomic mass is 19.4. The van der Waals surface area contributed by atoms with Crippen LogP contribution >= 0.6 is 0 Å². The van der Waals surface area contributed by atoms with Crippen LogP contribution in [0.1, 0.15) is 64.3 Å². The van der Waals surface area contributed by atoms with Crippen molar-refractivity contribution in [1.29, 1.82) is 0 Å². The van der Waals surface area contributed by atoms with Gasteiger partial charge in [0.25, 0.3) is 5.92 Å². The summed E-state index contributed by atoms with van der Waals surface area (Å²) < 4.78 is 60.1. The fraction of sp³-hybridized carbons (Fsp3) is 0.636. The molecule has 2 saturated carbocycles. The Bertz CT molecular complexity index is 885. The molecule has 4 N–H and O–H groups in total. The van der Waals surface area contributed by atoms with E-state index in [4.69, 9.17) is 5.73 Å². The van der Waals surface area contributed by atoms with E-state index in [1.165, 1.54) is 19.3 Å². The van der Waals surface area contributed by atoms with E-state index in [2.05, 4.69) is 15.3 Å². The van der Waals surface area contributed by atoms with Crippen LogP contribution < -0.4 is 11.1 Å². The van der Waals surface area contributed by atoms with E-state index in [1.807, 2.05) is 18.2 Å². The largest absolute Gasteiger partial charge is 0.393 e. The van der Waals surface area contributed by atoms with Crippen molar-refractivity contribution in [2.75, 3.05) is 0 Å². The lowest BCUT2D eigenvalue weighted by Gasteiger charge is -2.21. The minimum atomic E-state index is -4.06. The molecule has 180 valence electrons. The minimum Gasteiger partial charge on any atom is -0.352 e. The van der Waals surface area contributed by atoms with Crippen LogP contribution in [0, 0.1) is 11.3 Å². The van der Waals surface area contributed by atoms with Gasteiger partial charge in [-0.25, -0.2) is 13.8 Å². The van der Waals surface area contributed by atoms with Crippen LogP contribution in [-0.2, 0) is 17.9 Å². The highest BCUT2D eigenvalue weighted by Gasteiger charge is 2.57. The van der Waals surface area contributed by atoms with Crippen LogP contribution in [0.5, 0.6) is 0 Å². The molecule has 0 bridgehead atoms. The van der Waals surface area contributed by atoms with Gasteiger partial charge in [0.2, 0.25) is 5.91 Å². The molecule has 2 aromatic rings. The predicted molar refractivity (Wildman–Crippen MR) is 113 cm³/mol. The molecule has 2 aliphatic rings. The molecule has 10 heteroatoms. The first-order chi connectivity index (χ1) is 14.7. The van der Waals surface area contributed by atoms with Crippen molar-refractivity contribution in [3.8, 4) is 0 Å². The maximum Gasteiger partial charge on any atom is 0.393 e. The molecule has 0 saturated heterocycles. The number of hydrogen-bond donors (Lipinski definition) is 3. The van der Waals surface area contributed by atoms with E-state index in [0.717, 1.165) is 37.4 Å². The molecule has 0 aliphatic heterocycles. The van der Waals surface area contributed by atoms with Gasteiger partial charge in [-0.3, -0.25) is 4.79 Å². The Labute approximate surface area is 184 Å². The van der Waals surface area contributed by atoms with Crippen molar-refractivity contribution in [1.82, 2.24) is 15.3 Å². The van der Waals surface area contributed by atoms with E-state index >= 15 is 0 Å². The summed E-state index contributed by atoms with van der Waals surface area (Å²) >= 11 is 0. The summed E-state index contributed by atoms with van der Waals surface area (Å²) in [4.78, 5) is 18.9. The number of halogens is 5. The molecule has 1 aromatic heterocycles. The first-order valence-corrected chi connectivity index (χ1v) is 10.6. The van der Waals surface area contributed by atoms with Crippen LogP contribution in [0.15, 0.2) is 18.2 Å². The monoisotopic (exact) mass is 462 g/mol. The number of carbonyl (C=O) groups is 1. The van der Waals surface area contributed by atoms with Gasteiger partial charge in [0.05, 0.1) is 23.0 Å². The number of nitrogens with two attached hydrogens (primary N) is 1. The van der Waals surface area contributed by atoms with Gasteiger partial charge >= 0.3 is 6.18 Å². The fourth-order valence-electron chi connectivity index (χ4n) is 2.30. The van der Waals surface area contributed by atoms with Gasteiger partial charge in [0, 0.05) is 25.3 Å². The Balaban J connectivity index is 0.000000273. The number of nitrogens with one attached hydrogen (secondary N) is 2. The van der Waals surface area contributed by atoms with Crippen LogP contribution in [0.4, 0.5) is 22.0 Å². The standard InChI is InChI=1S/C14H16F2N4O.C5H9F3.C3H6/c15-14(16)5-9(14)4-13(21)18-7-8-1-2-10-11(3-8)20-12(6-17)19-10;1-4(2,3)5(6,7)8;1-2-3-1/h1-3,9H,4-7,17H2,(H,18,21)(H,19,20);1-3H3;1-3H2. The zero-order valence-corrected chi connectivity index (χ0v) is 18.6. The van der Waals surface area contributed by atoms with Gasteiger partial charge in [-0.05, 0) is 17.7 Å². The topological polar surface area (TPSA) is 83.8 Å². The number of H-pyrrole nitrogens is 1. The highest BCUT2D eigenvalue weighted by molar-refractivity contribution is 5.78. The number of nitrogens with zero attached hydrogens (tertiary/aromatic N) is 1. The highest BCUT2D eigenvalue weighted by Crippen LogP contribution is 2.50. The van der Waals surface area contributed by atoms with Crippen LogP contribution in [-0.4, -0.2) is 28.0 Å². The SMILES string of the molecule is C1CC1.CC(C)(C)C(F)(F)F.NCc1nc2ccc(CNC(=O)CC3CC3(F)F)cc2[nH]1. The summed E-state index contributed by atoms with van der Waals surface area (Å²) in [5, 5.41) is 2.66. The van der Waals surface area contributed by atoms with Crippen LogP contribution in [0.3, 0.4) is 0 Å². The molecular weight excluding hydrogens is 431 g/mol. The Morgan fingerprint density at radius 1 is 1.22 bits per heavy atom. The van der Waals surface area contributed by atoms with Crippen molar-refractivity contribution in [3.63, 3.8) is 0 Å². The minimum absolute atomic E-state index is 0.114. The number of amides is 1. The first-order valence-electron chi connectivity index (χ1n) is 10.6. The zero-order chi connectivity index (χ0) is 24.2. The third-order valence-corrected chi connectivity index (χ3v) is 4.87. The van der Waals surface area contributed by atoms with Gasteiger partial charge < -0.3 is 16.0 Å².